The number of hydrazone groups is 1. The first-order chi connectivity index (χ1) is 15.4. The Bertz CT molecular complexity index is 1150. The van der Waals surface area contributed by atoms with Crippen molar-refractivity contribution in [1.82, 2.24) is 14.8 Å². The quantitative estimate of drug-likeness (QED) is 0.142. The van der Waals surface area contributed by atoms with Crippen LogP contribution >= 0.6 is 11.8 Å². The highest BCUT2D eigenvalue weighted by molar-refractivity contribution is 8.15. The molecular formula is C20H20N6O5S. The molecule has 0 saturated heterocycles. The van der Waals surface area contributed by atoms with E-state index >= 15 is 0 Å². The van der Waals surface area contributed by atoms with Gasteiger partial charge in [-0.3, -0.25) is 15.5 Å². The minimum atomic E-state index is -0.663. The second kappa shape index (κ2) is 10.4. The van der Waals surface area contributed by atoms with Crippen molar-refractivity contribution >= 4 is 34.1 Å². The molecule has 2 aromatic carbocycles. The normalized spacial score (nSPS) is 11.2. The van der Waals surface area contributed by atoms with Gasteiger partial charge in [0.05, 0.1) is 24.3 Å². The summed E-state index contributed by atoms with van der Waals surface area (Å²) in [6.45, 7) is 1.84. The van der Waals surface area contributed by atoms with Gasteiger partial charge in [0.2, 0.25) is 5.04 Å². The molecule has 0 bridgehead atoms. The highest BCUT2D eigenvalue weighted by Gasteiger charge is 2.20. The maximum Gasteiger partial charge on any atom is 0.365 e. The number of anilines is 1. The predicted octanol–water partition coefficient (Wildman–Crippen LogP) is 3.48. The highest BCUT2D eigenvalue weighted by Crippen LogP contribution is 2.26. The lowest BCUT2D eigenvalue weighted by atomic mass is 10.2. The third-order valence-corrected chi connectivity index (χ3v) is 5.15. The summed E-state index contributed by atoms with van der Waals surface area (Å²) in [6.07, 6.45) is 0. The van der Waals surface area contributed by atoms with Crippen LogP contribution in [-0.4, -0.2) is 44.4 Å². The standard InChI is InChI=1S/C20H20N6O5S/c1-4-31-19(27)18(23-21-14-6-5-7-15(12-14)26(28)29)32-20-24-22-17(25(20)2)13-8-10-16(30-3)11-9-13/h5-12,21H,4H2,1-3H3. The number of nitro groups is 1. The van der Waals surface area contributed by atoms with Crippen molar-refractivity contribution in [3.05, 3.63) is 58.6 Å². The van der Waals surface area contributed by atoms with Gasteiger partial charge in [0, 0.05) is 24.7 Å². The van der Waals surface area contributed by atoms with Gasteiger partial charge in [-0.2, -0.15) is 5.10 Å². The Morgan fingerprint density at radius 1 is 1.25 bits per heavy atom. The SMILES string of the molecule is CCOC(=O)C(=NNc1cccc([N+](=O)[O-])c1)Sc1nnc(-c2ccc(OC)cc2)n1C. The lowest BCUT2D eigenvalue weighted by Crippen LogP contribution is -2.16. The first-order valence-corrected chi connectivity index (χ1v) is 10.2. The van der Waals surface area contributed by atoms with E-state index in [9.17, 15) is 14.9 Å². The van der Waals surface area contributed by atoms with Crippen molar-refractivity contribution in [2.24, 2.45) is 12.1 Å². The largest absolute Gasteiger partial charge is 0.497 e. The number of hydrogen-bond donors (Lipinski definition) is 1. The van der Waals surface area contributed by atoms with Crippen molar-refractivity contribution in [2.45, 2.75) is 12.1 Å². The van der Waals surface area contributed by atoms with Crippen molar-refractivity contribution in [2.75, 3.05) is 19.1 Å². The number of nitrogens with one attached hydrogen (secondary N) is 1. The van der Waals surface area contributed by atoms with E-state index in [1.807, 2.05) is 24.3 Å². The molecule has 12 heteroatoms. The number of aromatic nitrogens is 3. The summed E-state index contributed by atoms with van der Waals surface area (Å²) >= 11 is 0.960. The van der Waals surface area contributed by atoms with Gasteiger partial charge < -0.3 is 14.0 Å². The third-order valence-electron chi connectivity index (χ3n) is 4.16. The Morgan fingerprint density at radius 2 is 2.00 bits per heavy atom. The number of thioether (sulfide) groups is 1. The maximum absolute atomic E-state index is 12.4. The molecule has 0 aliphatic rings. The highest BCUT2D eigenvalue weighted by atomic mass is 32.2. The summed E-state index contributed by atoms with van der Waals surface area (Å²) < 4.78 is 12.0. The number of esters is 1. The number of rotatable bonds is 7. The van der Waals surface area contributed by atoms with Crippen molar-refractivity contribution in [3.63, 3.8) is 0 Å². The van der Waals surface area contributed by atoms with E-state index in [4.69, 9.17) is 9.47 Å². The molecule has 166 valence electrons. The summed E-state index contributed by atoms with van der Waals surface area (Å²) in [5.74, 6) is 0.643. The number of methoxy groups -OCH3 is 1. The predicted molar refractivity (Wildman–Crippen MR) is 120 cm³/mol. The van der Waals surface area contributed by atoms with E-state index in [-0.39, 0.29) is 17.3 Å². The fraction of sp³-hybridized carbons (Fsp3) is 0.200. The number of carbonyl (C=O) groups is 1. The molecule has 32 heavy (non-hydrogen) atoms. The topological polar surface area (TPSA) is 134 Å². The lowest BCUT2D eigenvalue weighted by Gasteiger charge is -2.07. The first-order valence-electron chi connectivity index (χ1n) is 9.39. The molecule has 1 aromatic heterocycles. The van der Waals surface area contributed by atoms with E-state index in [0.717, 1.165) is 23.1 Å². The summed E-state index contributed by atoms with van der Waals surface area (Å²) in [7, 11) is 3.35. The minimum absolute atomic E-state index is 0.0323. The second-order valence-corrected chi connectivity index (χ2v) is 7.21. The number of non-ortho nitro benzene ring substituents is 1. The molecule has 3 rings (SSSR count). The second-order valence-electron chi connectivity index (χ2n) is 6.25. The minimum Gasteiger partial charge on any atom is -0.497 e. The van der Waals surface area contributed by atoms with Gasteiger partial charge in [0.15, 0.2) is 11.0 Å². The molecule has 0 unspecified atom stereocenters. The van der Waals surface area contributed by atoms with E-state index in [1.165, 1.54) is 18.2 Å². The van der Waals surface area contributed by atoms with Gasteiger partial charge >= 0.3 is 5.97 Å². The zero-order chi connectivity index (χ0) is 23.1. The number of carbonyl (C=O) groups excluding carboxylic acids is 1. The zero-order valence-corrected chi connectivity index (χ0v) is 18.3. The van der Waals surface area contributed by atoms with Gasteiger partial charge in [0.25, 0.3) is 5.69 Å². The molecule has 3 aromatic rings. The van der Waals surface area contributed by atoms with E-state index in [2.05, 4.69) is 20.7 Å². The molecule has 0 fully saturated rings. The third kappa shape index (κ3) is 5.40. The number of nitro benzene ring substituents is 1. The summed E-state index contributed by atoms with van der Waals surface area (Å²) in [6, 6.07) is 13.1. The first kappa shape index (κ1) is 22.7. The Balaban J connectivity index is 1.85. The fourth-order valence-electron chi connectivity index (χ4n) is 2.59. The molecule has 0 aliphatic carbocycles. The Kier molecular flexibility index (Phi) is 7.39. The van der Waals surface area contributed by atoms with Gasteiger partial charge in [-0.15, -0.1) is 10.2 Å². The number of hydrogen-bond acceptors (Lipinski definition) is 10. The molecule has 0 spiro atoms. The van der Waals surface area contributed by atoms with Crippen molar-refractivity contribution in [1.29, 1.82) is 0 Å². The van der Waals surface area contributed by atoms with Crippen LogP contribution in [0.25, 0.3) is 11.4 Å². The summed E-state index contributed by atoms with van der Waals surface area (Å²) in [4.78, 5) is 22.8. The molecular weight excluding hydrogens is 436 g/mol. The smallest absolute Gasteiger partial charge is 0.365 e. The number of benzene rings is 2. The van der Waals surface area contributed by atoms with Crippen LogP contribution < -0.4 is 10.2 Å². The maximum atomic E-state index is 12.4. The zero-order valence-electron chi connectivity index (χ0n) is 17.5. The molecule has 0 aliphatic heterocycles. The van der Waals surface area contributed by atoms with Crippen LogP contribution in [0.1, 0.15) is 6.92 Å². The Hall–Kier alpha value is -3.93. The van der Waals surface area contributed by atoms with Crippen LogP contribution in [0, 0.1) is 10.1 Å². The molecule has 11 nitrogen and oxygen atoms in total. The van der Waals surface area contributed by atoms with Crippen molar-refractivity contribution < 1.29 is 19.2 Å². The fourth-order valence-corrected chi connectivity index (χ4v) is 3.30. The van der Waals surface area contributed by atoms with E-state index in [1.54, 1.807) is 31.7 Å². The van der Waals surface area contributed by atoms with Gasteiger partial charge in [-0.25, -0.2) is 4.79 Å². The van der Waals surface area contributed by atoms with Gasteiger partial charge in [-0.05, 0) is 49.0 Å². The van der Waals surface area contributed by atoms with Crippen LogP contribution in [0.5, 0.6) is 5.75 Å². The average molecular weight is 456 g/mol. The van der Waals surface area contributed by atoms with Crippen LogP contribution in [-0.2, 0) is 16.6 Å². The van der Waals surface area contributed by atoms with Crippen molar-refractivity contribution in [3.8, 4) is 17.1 Å². The van der Waals surface area contributed by atoms with E-state index in [0.29, 0.717) is 16.7 Å². The lowest BCUT2D eigenvalue weighted by molar-refractivity contribution is -0.384. The molecule has 0 saturated carbocycles. The van der Waals surface area contributed by atoms with Gasteiger partial charge in [-0.1, -0.05) is 6.07 Å². The van der Waals surface area contributed by atoms with Crippen LogP contribution in [0.3, 0.4) is 0 Å². The molecule has 0 radical (unpaired) electrons. The van der Waals surface area contributed by atoms with Gasteiger partial charge in [0.1, 0.15) is 5.75 Å². The molecule has 1 N–H and O–H groups in total. The molecule has 0 atom stereocenters. The Labute approximate surface area is 187 Å². The summed E-state index contributed by atoms with van der Waals surface area (Å²) in [5.41, 5.74) is 3.72. The van der Waals surface area contributed by atoms with E-state index < -0.39 is 10.9 Å². The van der Waals surface area contributed by atoms with Crippen LogP contribution in [0.2, 0.25) is 0 Å². The van der Waals surface area contributed by atoms with Crippen LogP contribution in [0.15, 0.2) is 58.8 Å². The molecule has 0 amide bonds. The Morgan fingerprint density at radius 3 is 2.66 bits per heavy atom. The monoisotopic (exact) mass is 456 g/mol. The molecule has 1 heterocycles. The number of ether oxygens (including phenoxy) is 2. The summed E-state index contributed by atoms with van der Waals surface area (Å²) in [5, 5.41) is 23.8. The number of nitrogens with zero attached hydrogens (tertiary/aromatic N) is 5. The average Bonchev–Trinajstić information content (AvgIpc) is 3.16. The van der Waals surface area contributed by atoms with Crippen LogP contribution in [0.4, 0.5) is 11.4 Å².